The Morgan fingerprint density at radius 1 is 1.25 bits per heavy atom. The van der Waals surface area contributed by atoms with Gasteiger partial charge in [0, 0.05) is 6.04 Å². The van der Waals surface area contributed by atoms with Gasteiger partial charge in [0.25, 0.3) is 0 Å². The molecule has 0 bridgehead atoms. The van der Waals surface area contributed by atoms with Crippen LogP contribution < -0.4 is 5.73 Å². The maximum absolute atomic E-state index is 12.5. The Morgan fingerprint density at radius 3 is 2.50 bits per heavy atom. The minimum Gasteiger partial charge on any atom is -0.508 e. The number of phenolic OH excluding ortho intramolecular Hbond substituents is 1. The molecule has 1 saturated heterocycles. The Morgan fingerprint density at radius 2 is 1.90 bits per heavy atom. The van der Waals surface area contributed by atoms with Crippen LogP contribution in [0.4, 0.5) is 0 Å². The summed E-state index contributed by atoms with van der Waals surface area (Å²) in [6.07, 6.45) is 1.39. The van der Waals surface area contributed by atoms with Gasteiger partial charge in [0.05, 0.1) is 0 Å². The first kappa shape index (κ1) is 12.9. The van der Waals surface area contributed by atoms with Crippen LogP contribution in [0.2, 0.25) is 0 Å². The van der Waals surface area contributed by atoms with Crippen LogP contribution in [0.5, 0.6) is 5.75 Å². The van der Waals surface area contributed by atoms with Crippen LogP contribution in [0, 0.1) is 5.92 Å². The van der Waals surface area contributed by atoms with Crippen molar-refractivity contribution in [2.75, 3.05) is 0 Å². The fraction of sp³-hybridized carbons (Fsp3) is 0.429. The zero-order valence-electron chi connectivity index (χ0n) is 10.8. The highest BCUT2D eigenvalue weighted by atomic mass is 16.4. The maximum atomic E-state index is 12.5. The molecule has 1 saturated carbocycles. The fourth-order valence-electron chi connectivity index (χ4n) is 2.98. The molecule has 1 aromatic rings. The Hall–Kier alpha value is -2.08. The molecule has 1 amide bonds. The summed E-state index contributed by atoms with van der Waals surface area (Å²) in [6.45, 7) is 0. The number of amides is 1. The summed E-state index contributed by atoms with van der Waals surface area (Å²) in [5.41, 5.74) is 6.52. The van der Waals surface area contributed by atoms with Gasteiger partial charge < -0.3 is 20.8 Å². The number of carboxylic acid groups (broad SMARTS) is 1. The van der Waals surface area contributed by atoms with E-state index < -0.39 is 18.1 Å². The number of aromatic hydroxyl groups is 1. The van der Waals surface area contributed by atoms with Gasteiger partial charge in [0.2, 0.25) is 5.91 Å². The van der Waals surface area contributed by atoms with E-state index in [1.165, 1.54) is 17.0 Å². The molecule has 1 heterocycles. The van der Waals surface area contributed by atoms with Gasteiger partial charge in [-0.25, -0.2) is 4.79 Å². The number of phenols is 1. The lowest BCUT2D eigenvalue weighted by Crippen LogP contribution is -2.47. The van der Waals surface area contributed by atoms with Crippen LogP contribution in [-0.4, -0.2) is 39.1 Å². The second kappa shape index (κ2) is 4.49. The van der Waals surface area contributed by atoms with E-state index in [1.54, 1.807) is 12.1 Å². The number of likely N-dealkylation sites (tertiary alicyclic amines) is 1. The molecule has 106 valence electrons. The van der Waals surface area contributed by atoms with Gasteiger partial charge >= 0.3 is 5.97 Å². The summed E-state index contributed by atoms with van der Waals surface area (Å²) >= 11 is 0. The molecule has 6 heteroatoms. The number of piperidine rings is 1. The largest absolute Gasteiger partial charge is 0.508 e. The van der Waals surface area contributed by atoms with Gasteiger partial charge in [0.1, 0.15) is 17.8 Å². The molecule has 6 nitrogen and oxygen atoms in total. The molecule has 4 N–H and O–H groups in total. The number of nitrogens with zero attached hydrogens (tertiary/aromatic N) is 1. The van der Waals surface area contributed by atoms with Crippen molar-refractivity contribution in [3.63, 3.8) is 0 Å². The van der Waals surface area contributed by atoms with Crippen molar-refractivity contribution in [1.29, 1.82) is 0 Å². The number of rotatable bonds is 3. The topological polar surface area (TPSA) is 104 Å². The molecule has 0 spiro atoms. The number of carbonyl (C=O) groups is 2. The minimum absolute atomic E-state index is 0.0340. The lowest BCUT2D eigenvalue weighted by atomic mass is 10.1. The van der Waals surface area contributed by atoms with Crippen molar-refractivity contribution in [3.8, 4) is 5.75 Å². The van der Waals surface area contributed by atoms with Crippen molar-refractivity contribution in [3.05, 3.63) is 29.8 Å². The molecular weight excluding hydrogens is 260 g/mol. The summed E-state index contributed by atoms with van der Waals surface area (Å²) in [6, 6.07) is 4.46. The number of hydrogen-bond donors (Lipinski definition) is 3. The summed E-state index contributed by atoms with van der Waals surface area (Å²) in [7, 11) is 0. The molecule has 4 atom stereocenters. The maximum Gasteiger partial charge on any atom is 0.326 e. The van der Waals surface area contributed by atoms with Crippen LogP contribution >= 0.6 is 0 Å². The Kier molecular flexibility index (Phi) is 2.90. The first-order valence-corrected chi connectivity index (χ1v) is 6.58. The predicted molar refractivity (Wildman–Crippen MR) is 69.8 cm³/mol. The highest BCUT2D eigenvalue weighted by Crippen LogP contribution is 2.48. The normalized spacial score (nSPS) is 28.9. The van der Waals surface area contributed by atoms with E-state index >= 15 is 0 Å². The number of hydrogen-bond acceptors (Lipinski definition) is 4. The zero-order chi connectivity index (χ0) is 14.4. The number of carbonyl (C=O) groups excluding carboxylic acids is 1. The van der Waals surface area contributed by atoms with Gasteiger partial charge in [-0.15, -0.1) is 0 Å². The third-order valence-corrected chi connectivity index (χ3v) is 4.16. The molecule has 2 aliphatic rings. The van der Waals surface area contributed by atoms with Gasteiger partial charge in [0.15, 0.2) is 0 Å². The van der Waals surface area contributed by atoms with E-state index in [2.05, 4.69) is 0 Å². The highest BCUT2D eigenvalue weighted by molar-refractivity contribution is 5.89. The molecule has 1 aliphatic carbocycles. The molecule has 1 aromatic carbocycles. The van der Waals surface area contributed by atoms with Crippen molar-refractivity contribution < 1.29 is 19.8 Å². The quantitative estimate of drug-likeness (QED) is 0.744. The number of aliphatic carboxylic acids is 1. The molecule has 0 radical (unpaired) electrons. The smallest absolute Gasteiger partial charge is 0.326 e. The highest BCUT2D eigenvalue weighted by Gasteiger charge is 2.56. The molecule has 3 rings (SSSR count). The van der Waals surface area contributed by atoms with Crippen molar-refractivity contribution >= 4 is 11.9 Å². The molecule has 0 aromatic heterocycles. The third-order valence-electron chi connectivity index (χ3n) is 4.16. The molecule has 1 aliphatic heterocycles. The lowest BCUT2D eigenvalue weighted by Gasteiger charge is -2.27. The van der Waals surface area contributed by atoms with Crippen molar-refractivity contribution in [2.45, 2.75) is 31.0 Å². The van der Waals surface area contributed by atoms with Crippen LogP contribution in [0.15, 0.2) is 24.3 Å². The molecule has 20 heavy (non-hydrogen) atoms. The van der Waals surface area contributed by atoms with E-state index in [-0.39, 0.29) is 17.7 Å². The monoisotopic (exact) mass is 276 g/mol. The van der Waals surface area contributed by atoms with E-state index in [0.717, 1.165) is 6.42 Å². The van der Waals surface area contributed by atoms with Crippen LogP contribution in [0.1, 0.15) is 24.4 Å². The SMILES string of the molecule is N[C@@H](C(=O)N1[C@H](C(=O)O)C[C@@H]2C[C@@H]21)c1ccc(O)cc1. The number of benzene rings is 1. The second-order valence-corrected chi connectivity index (χ2v) is 5.47. The van der Waals surface area contributed by atoms with E-state index in [4.69, 9.17) is 5.73 Å². The summed E-state index contributed by atoms with van der Waals surface area (Å²) < 4.78 is 0. The summed E-state index contributed by atoms with van der Waals surface area (Å²) in [4.78, 5) is 25.1. The average Bonchev–Trinajstić information content (AvgIpc) is 3.09. The van der Waals surface area contributed by atoms with E-state index in [9.17, 15) is 19.8 Å². The average molecular weight is 276 g/mol. The predicted octanol–water partition coefficient (Wildman–Crippen LogP) is 0.466. The third kappa shape index (κ3) is 2.02. The van der Waals surface area contributed by atoms with Crippen molar-refractivity contribution in [1.82, 2.24) is 4.90 Å². The van der Waals surface area contributed by atoms with E-state index in [0.29, 0.717) is 17.9 Å². The Balaban J connectivity index is 1.81. The van der Waals surface area contributed by atoms with Crippen molar-refractivity contribution in [2.24, 2.45) is 11.7 Å². The first-order chi connectivity index (χ1) is 9.49. The Labute approximate surface area is 115 Å². The van der Waals surface area contributed by atoms with Gasteiger partial charge in [-0.05, 0) is 36.5 Å². The zero-order valence-corrected chi connectivity index (χ0v) is 10.8. The number of nitrogens with two attached hydrogens (primary N) is 1. The van der Waals surface area contributed by atoms with Crippen LogP contribution in [0.25, 0.3) is 0 Å². The molecular formula is C14H16N2O4. The molecule has 0 unspecified atom stereocenters. The lowest BCUT2D eigenvalue weighted by molar-refractivity contribution is -0.150. The van der Waals surface area contributed by atoms with Crippen LogP contribution in [0.3, 0.4) is 0 Å². The summed E-state index contributed by atoms with van der Waals surface area (Å²) in [5, 5.41) is 18.4. The number of carboxylic acids is 1. The van der Waals surface area contributed by atoms with Gasteiger partial charge in [-0.2, -0.15) is 0 Å². The van der Waals surface area contributed by atoms with Gasteiger partial charge in [-0.3, -0.25) is 4.79 Å². The van der Waals surface area contributed by atoms with Crippen LogP contribution in [-0.2, 0) is 9.59 Å². The molecule has 2 fully saturated rings. The first-order valence-electron chi connectivity index (χ1n) is 6.58. The standard InChI is InChI=1S/C14H16N2O4/c15-12(7-1-3-9(17)4-2-7)13(18)16-10-5-8(10)6-11(16)14(19)20/h1-4,8,10-12,17H,5-6,15H2,(H,19,20)/t8-,10-,11-,12+/m0/s1. The van der Waals surface area contributed by atoms with Gasteiger partial charge in [-0.1, -0.05) is 12.1 Å². The van der Waals surface area contributed by atoms with E-state index in [1.807, 2.05) is 0 Å². The fourth-order valence-corrected chi connectivity index (χ4v) is 2.98. The minimum atomic E-state index is -0.969. The Bertz CT molecular complexity index is 557. The number of fused-ring (bicyclic) bond motifs is 1. The summed E-state index contributed by atoms with van der Waals surface area (Å²) in [5.74, 6) is -0.913. The second-order valence-electron chi connectivity index (χ2n) is 5.47.